The van der Waals surface area contributed by atoms with E-state index in [0.717, 1.165) is 17.0 Å². The molecule has 1 aliphatic rings. The summed E-state index contributed by atoms with van der Waals surface area (Å²) in [4.78, 5) is 56.0. The zero-order valence-electron chi connectivity index (χ0n) is 15.2. The highest BCUT2D eigenvalue weighted by molar-refractivity contribution is 8.18. The molecule has 1 heterocycles. The molecule has 0 atom stereocenters. The van der Waals surface area contributed by atoms with E-state index in [1.165, 1.54) is 24.3 Å². The average molecular weight is 446 g/mol. The number of phenols is 1. The van der Waals surface area contributed by atoms with Crippen molar-refractivity contribution in [1.29, 1.82) is 0 Å². The van der Waals surface area contributed by atoms with Crippen molar-refractivity contribution >= 4 is 46.0 Å². The van der Waals surface area contributed by atoms with Gasteiger partial charge < -0.3 is 5.11 Å². The number of nitro groups is 3. The zero-order valence-corrected chi connectivity index (χ0v) is 16.0. The summed E-state index contributed by atoms with van der Waals surface area (Å²) >= 11 is 0.425. The molecule has 14 heteroatoms. The number of nitrogens with zero attached hydrogens (tertiary/aromatic N) is 4. The molecular weight excluding hydrogens is 436 g/mol. The van der Waals surface area contributed by atoms with Crippen LogP contribution in [0.5, 0.6) is 5.75 Å². The fourth-order valence-electron chi connectivity index (χ4n) is 2.75. The van der Waals surface area contributed by atoms with Gasteiger partial charge in [0.2, 0.25) is 5.75 Å². The van der Waals surface area contributed by atoms with Crippen LogP contribution in [0.15, 0.2) is 41.3 Å². The number of carbonyl (C=O) groups is 2. The molecule has 13 nitrogen and oxygen atoms in total. The normalized spacial score (nSPS) is 14.8. The predicted molar refractivity (Wildman–Crippen MR) is 106 cm³/mol. The van der Waals surface area contributed by atoms with Crippen LogP contribution in [-0.4, -0.2) is 35.9 Å². The van der Waals surface area contributed by atoms with Crippen LogP contribution in [0.4, 0.5) is 21.9 Å². The lowest BCUT2D eigenvalue weighted by molar-refractivity contribution is -0.394. The number of non-ortho nitro benzene ring substituents is 1. The molecule has 0 radical (unpaired) electrons. The monoisotopic (exact) mass is 446 g/mol. The number of phenolic OH excluding ortho intramolecular Hbond substituents is 1. The minimum atomic E-state index is -1.03. The van der Waals surface area contributed by atoms with Crippen molar-refractivity contribution < 1.29 is 29.5 Å². The van der Waals surface area contributed by atoms with Crippen molar-refractivity contribution in [3.05, 3.63) is 82.8 Å². The standard InChI is InChI=1S/C17H10N4O9S/c22-15-10(5-11(19(25)26)7-13(15)21(29)30)6-14-16(23)18(17(24)31-14)8-9-3-1-2-4-12(9)20(27)28/h1-7,22H,8H2/b14-6-. The topological polar surface area (TPSA) is 187 Å². The van der Waals surface area contributed by atoms with Crippen LogP contribution >= 0.6 is 11.8 Å². The van der Waals surface area contributed by atoms with Gasteiger partial charge in [-0.05, 0) is 17.8 Å². The van der Waals surface area contributed by atoms with Crippen molar-refractivity contribution in [2.75, 3.05) is 0 Å². The van der Waals surface area contributed by atoms with Crippen molar-refractivity contribution in [3.8, 4) is 5.75 Å². The van der Waals surface area contributed by atoms with E-state index in [1.807, 2.05) is 0 Å². The maximum Gasteiger partial charge on any atom is 0.318 e. The van der Waals surface area contributed by atoms with Gasteiger partial charge in [0.05, 0.1) is 32.3 Å². The molecule has 3 rings (SSSR count). The Morgan fingerprint density at radius 3 is 2.23 bits per heavy atom. The molecule has 1 aliphatic heterocycles. The van der Waals surface area contributed by atoms with Gasteiger partial charge in [0.25, 0.3) is 22.5 Å². The first-order chi connectivity index (χ1) is 14.6. The fourth-order valence-corrected chi connectivity index (χ4v) is 3.58. The number of imide groups is 1. The van der Waals surface area contributed by atoms with Gasteiger partial charge in [-0.15, -0.1) is 0 Å². The Bertz CT molecular complexity index is 1190. The number of hydrogen-bond acceptors (Lipinski definition) is 10. The maximum absolute atomic E-state index is 12.7. The third kappa shape index (κ3) is 4.18. The van der Waals surface area contributed by atoms with E-state index in [2.05, 4.69) is 0 Å². The summed E-state index contributed by atoms with van der Waals surface area (Å²) in [6.07, 6.45) is 0.916. The van der Waals surface area contributed by atoms with Crippen LogP contribution in [0, 0.1) is 30.3 Å². The fraction of sp³-hybridized carbons (Fsp3) is 0.0588. The lowest BCUT2D eigenvalue weighted by Crippen LogP contribution is -2.27. The first kappa shape index (κ1) is 21.4. The molecule has 2 amide bonds. The molecular formula is C17H10N4O9S. The number of hydrogen-bond donors (Lipinski definition) is 1. The second kappa shape index (κ2) is 8.19. The highest BCUT2D eigenvalue weighted by atomic mass is 32.2. The Labute approximate surface area is 176 Å². The minimum Gasteiger partial charge on any atom is -0.502 e. The van der Waals surface area contributed by atoms with Gasteiger partial charge in [0.1, 0.15) is 0 Å². The number of aromatic hydroxyl groups is 1. The molecule has 158 valence electrons. The van der Waals surface area contributed by atoms with E-state index in [9.17, 15) is 45.0 Å². The molecule has 1 saturated heterocycles. The van der Waals surface area contributed by atoms with Crippen LogP contribution in [0.1, 0.15) is 11.1 Å². The quantitative estimate of drug-likeness (QED) is 0.391. The van der Waals surface area contributed by atoms with E-state index in [-0.39, 0.29) is 16.2 Å². The second-order valence-electron chi connectivity index (χ2n) is 6.07. The van der Waals surface area contributed by atoms with E-state index in [1.54, 1.807) is 0 Å². The Morgan fingerprint density at radius 2 is 1.61 bits per heavy atom. The number of benzene rings is 2. The molecule has 0 aromatic heterocycles. The number of carbonyl (C=O) groups excluding carboxylic acids is 2. The molecule has 0 spiro atoms. The number of nitro benzene ring substituents is 3. The Hall–Kier alpha value is -4.33. The van der Waals surface area contributed by atoms with Crippen LogP contribution in [0.3, 0.4) is 0 Å². The van der Waals surface area contributed by atoms with Crippen LogP contribution in [0.2, 0.25) is 0 Å². The minimum absolute atomic E-state index is 0.102. The Kier molecular flexibility index (Phi) is 5.65. The number of para-hydroxylation sites is 1. The smallest absolute Gasteiger partial charge is 0.318 e. The van der Waals surface area contributed by atoms with Gasteiger partial charge in [-0.1, -0.05) is 18.2 Å². The molecule has 0 saturated carbocycles. The summed E-state index contributed by atoms with van der Waals surface area (Å²) in [5, 5.41) is 42.5. The summed E-state index contributed by atoms with van der Waals surface area (Å²) in [5.74, 6) is -1.79. The molecule has 1 fully saturated rings. The second-order valence-corrected chi connectivity index (χ2v) is 7.06. The largest absolute Gasteiger partial charge is 0.502 e. The number of rotatable bonds is 6. The molecule has 1 N–H and O–H groups in total. The summed E-state index contributed by atoms with van der Waals surface area (Å²) in [5.41, 5.74) is -2.24. The number of amides is 2. The molecule has 0 unspecified atom stereocenters. The molecule has 31 heavy (non-hydrogen) atoms. The van der Waals surface area contributed by atoms with Crippen molar-refractivity contribution in [3.63, 3.8) is 0 Å². The SMILES string of the molecule is O=C1S/C(=C\c2cc([N+](=O)[O-])cc([N+](=O)[O-])c2O)C(=O)N1Cc1ccccc1[N+](=O)[O-]. The third-order valence-electron chi connectivity index (χ3n) is 4.19. The van der Waals surface area contributed by atoms with Gasteiger partial charge in [0, 0.05) is 23.3 Å². The zero-order chi connectivity index (χ0) is 22.9. The summed E-state index contributed by atoms with van der Waals surface area (Å²) < 4.78 is 0. The highest BCUT2D eigenvalue weighted by Crippen LogP contribution is 2.39. The van der Waals surface area contributed by atoms with E-state index in [4.69, 9.17) is 0 Å². The maximum atomic E-state index is 12.7. The Morgan fingerprint density at radius 1 is 0.968 bits per heavy atom. The van der Waals surface area contributed by atoms with Crippen LogP contribution in [-0.2, 0) is 11.3 Å². The summed E-state index contributed by atoms with van der Waals surface area (Å²) in [7, 11) is 0. The predicted octanol–water partition coefficient (Wildman–Crippen LogP) is 3.35. The highest BCUT2D eigenvalue weighted by Gasteiger charge is 2.37. The molecule has 2 aromatic rings. The van der Waals surface area contributed by atoms with Gasteiger partial charge in [-0.3, -0.25) is 44.8 Å². The van der Waals surface area contributed by atoms with Gasteiger partial charge >= 0.3 is 5.69 Å². The average Bonchev–Trinajstić information content (AvgIpc) is 2.96. The van der Waals surface area contributed by atoms with Gasteiger partial charge in [-0.25, -0.2) is 0 Å². The third-order valence-corrected chi connectivity index (χ3v) is 5.10. The lowest BCUT2D eigenvalue weighted by Gasteiger charge is -2.12. The van der Waals surface area contributed by atoms with Crippen molar-refractivity contribution in [2.24, 2.45) is 0 Å². The first-order valence-corrected chi connectivity index (χ1v) is 9.05. The van der Waals surface area contributed by atoms with Gasteiger partial charge in [-0.2, -0.15) is 0 Å². The molecule has 0 aliphatic carbocycles. The molecule has 0 bridgehead atoms. The van der Waals surface area contributed by atoms with E-state index >= 15 is 0 Å². The first-order valence-electron chi connectivity index (χ1n) is 8.23. The van der Waals surface area contributed by atoms with E-state index in [0.29, 0.717) is 17.8 Å². The van der Waals surface area contributed by atoms with Gasteiger partial charge in [0.15, 0.2) is 0 Å². The van der Waals surface area contributed by atoms with Crippen molar-refractivity contribution in [2.45, 2.75) is 6.54 Å². The summed E-state index contributed by atoms with van der Waals surface area (Å²) in [6.45, 7) is -0.403. The van der Waals surface area contributed by atoms with Crippen molar-refractivity contribution in [1.82, 2.24) is 4.90 Å². The van der Waals surface area contributed by atoms with Crippen LogP contribution in [0.25, 0.3) is 6.08 Å². The Balaban J connectivity index is 1.99. The lowest BCUT2D eigenvalue weighted by atomic mass is 10.1. The van der Waals surface area contributed by atoms with E-state index < -0.39 is 55.1 Å². The molecule has 2 aromatic carbocycles. The number of thioether (sulfide) groups is 1. The van der Waals surface area contributed by atoms with Crippen LogP contribution < -0.4 is 0 Å². The summed E-state index contributed by atoms with van der Waals surface area (Å²) in [6, 6.07) is 6.89.